The largest absolute Gasteiger partial charge is 0.448 e. The van der Waals surface area contributed by atoms with Gasteiger partial charge in [0.15, 0.2) is 18.0 Å². The summed E-state index contributed by atoms with van der Waals surface area (Å²) >= 11 is 0. The molecule has 1 aromatic carbocycles. The van der Waals surface area contributed by atoms with Crippen molar-refractivity contribution in [2.45, 2.75) is 19.9 Å². The van der Waals surface area contributed by atoms with E-state index in [2.05, 4.69) is 10.3 Å². The summed E-state index contributed by atoms with van der Waals surface area (Å²) < 4.78 is 31.4. The van der Waals surface area contributed by atoms with Gasteiger partial charge in [-0.05, 0) is 25.5 Å². The van der Waals surface area contributed by atoms with Crippen LogP contribution in [0.2, 0.25) is 0 Å². The molecule has 1 aliphatic heterocycles. The number of rotatable bonds is 4. The van der Waals surface area contributed by atoms with E-state index in [4.69, 9.17) is 4.42 Å². The molecule has 0 spiro atoms. The number of aromatic nitrogens is 1. The molecule has 1 saturated heterocycles. The zero-order chi connectivity index (χ0) is 17.3. The van der Waals surface area contributed by atoms with E-state index < -0.39 is 29.4 Å². The minimum Gasteiger partial charge on any atom is -0.448 e. The second kappa shape index (κ2) is 6.38. The van der Waals surface area contributed by atoms with Gasteiger partial charge in [0.1, 0.15) is 17.4 Å². The van der Waals surface area contributed by atoms with Crippen LogP contribution >= 0.6 is 0 Å². The van der Waals surface area contributed by atoms with E-state index in [1.807, 2.05) is 0 Å². The van der Waals surface area contributed by atoms with Gasteiger partial charge < -0.3 is 14.6 Å². The summed E-state index contributed by atoms with van der Waals surface area (Å²) in [4.78, 5) is 29.8. The van der Waals surface area contributed by atoms with Crippen molar-refractivity contribution in [1.82, 2.24) is 10.3 Å². The summed E-state index contributed by atoms with van der Waals surface area (Å²) in [5.74, 6) is -3.14. The van der Waals surface area contributed by atoms with Crippen LogP contribution < -0.4 is 10.2 Å². The number of nitrogens with one attached hydrogen (secondary N) is 1. The summed E-state index contributed by atoms with van der Waals surface area (Å²) in [6, 6.07) is 3.22. The zero-order valence-electron chi connectivity index (χ0n) is 12.9. The number of amides is 2. The Kier molecular flexibility index (Phi) is 4.28. The maximum Gasteiger partial charge on any atom is 0.239 e. The maximum atomic E-state index is 13.3. The number of anilines is 1. The quantitative estimate of drug-likeness (QED) is 0.867. The van der Waals surface area contributed by atoms with Gasteiger partial charge in [0, 0.05) is 18.3 Å². The number of oxazole rings is 1. The van der Waals surface area contributed by atoms with Gasteiger partial charge in [-0.15, -0.1) is 0 Å². The molecular formula is C16H15F2N3O3. The molecule has 0 bridgehead atoms. The van der Waals surface area contributed by atoms with Gasteiger partial charge in [-0.1, -0.05) is 0 Å². The fourth-order valence-corrected chi connectivity index (χ4v) is 2.62. The van der Waals surface area contributed by atoms with Crippen LogP contribution in [0.5, 0.6) is 0 Å². The molecule has 6 nitrogen and oxygen atoms in total. The normalized spacial score (nSPS) is 17.4. The predicted molar refractivity (Wildman–Crippen MR) is 79.9 cm³/mol. The molecule has 24 heavy (non-hydrogen) atoms. The van der Waals surface area contributed by atoms with Gasteiger partial charge in [-0.2, -0.15) is 0 Å². The third-order valence-electron chi connectivity index (χ3n) is 4.01. The third-order valence-corrected chi connectivity index (χ3v) is 4.01. The Morgan fingerprint density at radius 3 is 2.88 bits per heavy atom. The van der Waals surface area contributed by atoms with Crippen molar-refractivity contribution in [3.63, 3.8) is 0 Å². The second-order valence-electron chi connectivity index (χ2n) is 5.50. The summed E-state index contributed by atoms with van der Waals surface area (Å²) in [6.07, 6.45) is 1.59. The predicted octanol–water partition coefficient (Wildman–Crippen LogP) is 1.93. The Labute approximate surface area is 136 Å². The monoisotopic (exact) mass is 335 g/mol. The van der Waals surface area contributed by atoms with Gasteiger partial charge >= 0.3 is 0 Å². The lowest BCUT2D eigenvalue weighted by atomic mass is 10.1. The third kappa shape index (κ3) is 2.99. The van der Waals surface area contributed by atoms with Gasteiger partial charge in [-0.3, -0.25) is 9.59 Å². The van der Waals surface area contributed by atoms with Crippen LogP contribution in [-0.2, 0) is 16.1 Å². The number of hydrogen-bond acceptors (Lipinski definition) is 4. The summed E-state index contributed by atoms with van der Waals surface area (Å²) in [7, 11) is 0. The number of aryl methyl sites for hydroxylation is 1. The number of carbonyl (C=O) groups is 2. The number of benzene rings is 1. The smallest absolute Gasteiger partial charge is 0.239 e. The minimum atomic E-state index is -1.03. The molecule has 1 N–H and O–H groups in total. The van der Waals surface area contributed by atoms with Crippen molar-refractivity contribution in [3.05, 3.63) is 47.7 Å². The highest BCUT2D eigenvalue weighted by atomic mass is 19.2. The van der Waals surface area contributed by atoms with Gasteiger partial charge in [0.05, 0.1) is 6.54 Å². The molecule has 8 heteroatoms. The first-order valence-corrected chi connectivity index (χ1v) is 7.40. The average molecular weight is 335 g/mol. The van der Waals surface area contributed by atoms with Crippen molar-refractivity contribution < 1.29 is 22.8 Å². The minimum absolute atomic E-state index is 0.163. The highest BCUT2D eigenvalue weighted by molar-refractivity contribution is 6.09. The van der Waals surface area contributed by atoms with Gasteiger partial charge in [0.2, 0.25) is 11.8 Å². The van der Waals surface area contributed by atoms with Crippen molar-refractivity contribution in [1.29, 1.82) is 0 Å². The Hall–Kier alpha value is -2.77. The van der Waals surface area contributed by atoms with E-state index >= 15 is 0 Å². The van der Waals surface area contributed by atoms with E-state index in [1.165, 1.54) is 17.4 Å². The number of carbonyl (C=O) groups excluding carboxylic acids is 2. The first kappa shape index (κ1) is 16.1. The Balaban J connectivity index is 1.66. The standard InChI is InChI=1S/C16H15F2N3O3/c1-9-14(20-8-24-9)7-19-15(22)11-4-5-21(16(11)23)10-2-3-12(17)13(18)6-10/h2-3,6,8,11H,4-5,7H2,1H3,(H,19,22). The lowest BCUT2D eigenvalue weighted by molar-refractivity contribution is -0.132. The van der Waals surface area contributed by atoms with Crippen LogP contribution in [0.25, 0.3) is 0 Å². The first-order chi connectivity index (χ1) is 11.5. The molecular weight excluding hydrogens is 320 g/mol. The Morgan fingerprint density at radius 2 is 2.21 bits per heavy atom. The average Bonchev–Trinajstić information content (AvgIpc) is 3.14. The highest BCUT2D eigenvalue weighted by Gasteiger charge is 2.37. The van der Waals surface area contributed by atoms with E-state index in [9.17, 15) is 18.4 Å². The summed E-state index contributed by atoms with van der Waals surface area (Å²) in [5.41, 5.74) is 0.827. The fourth-order valence-electron chi connectivity index (χ4n) is 2.62. The second-order valence-corrected chi connectivity index (χ2v) is 5.50. The van der Waals surface area contributed by atoms with Crippen molar-refractivity contribution in [3.8, 4) is 0 Å². The van der Waals surface area contributed by atoms with Crippen molar-refractivity contribution in [2.75, 3.05) is 11.4 Å². The maximum absolute atomic E-state index is 13.3. The van der Waals surface area contributed by atoms with E-state index in [-0.39, 0.29) is 18.8 Å². The SMILES string of the molecule is Cc1ocnc1CNC(=O)C1CCN(c2ccc(F)c(F)c2)C1=O. The molecule has 2 heterocycles. The lowest BCUT2D eigenvalue weighted by Gasteiger charge is -2.17. The molecule has 1 fully saturated rings. The molecule has 126 valence electrons. The van der Waals surface area contributed by atoms with Crippen LogP contribution in [0.15, 0.2) is 29.0 Å². The van der Waals surface area contributed by atoms with Crippen LogP contribution in [0.3, 0.4) is 0 Å². The van der Waals surface area contributed by atoms with Crippen molar-refractivity contribution in [2.24, 2.45) is 5.92 Å². The molecule has 1 aliphatic rings. The molecule has 3 rings (SSSR count). The summed E-state index contributed by atoms with van der Waals surface area (Å²) in [5, 5.41) is 2.65. The van der Waals surface area contributed by atoms with Crippen LogP contribution in [0.1, 0.15) is 17.9 Å². The number of nitrogens with zero attached hydrogens (tertiary/aromatic N) is 2. The Bertz CT molecular complexity index is 791. The van der Waals surface area contributed by atoms with E-state index in [0.29, 0.717) is 17.9 Å². The molecule has 1 unspecified atom stereocenters. The van der Waals surface area contributed by atoms with E-state index in [0.717, 1.165) is 12.1 Å². The first-order valence-electron chi connectivity index (χ1n) is 7.40. The molecule has 1 atom stereocenters. The summed E-state index contributed by atoms with van der Waals surface area (Å²) in [6.45, 7) is 2.15. The van der Waals surface area contributed by atoms with Crippen LogP contribution in [0, 0.1) is 24.5 Å². The molecule has 1 aromatic heterocycles. The number of halogens is 2. The number of hydrogen-bond donors (Lipinski definition) is 1. The molecule has 0 aliphatic carbocycles. The Morgan fingerprint density at radius 1 is 1.42 bits per heavy atom. The lowest BCUT2D eigenvalue weighted by Crippen LogP contribution is -2.36. The molecule has 0 saturated carbocycles. The van der Waals surface area contributed by atoms with Gasteiger partial charge in [-0.25, -0.2) is 13.8 Å². The van der Waals surface area contributed by atoms with Crippen LogP contribution in [-0.4, -0.2) is 23.3 Å². The molecule has 2 amide bonds. The highest BCUT2D eigenvalue weighted by Crippen LogP contribution is 2.26. The van der Waals surface area contributed by atoms with Crippen molar-refractivity contribution >= 4 is 17.5 Å². The zero-order valence-corrected chi connectivity index (χ0v) is 12.9. The molecule has 0 radical (unpaired) electrons. The van der Waals surface area contributed by atoms with Gasteiger partial charge in [0.25, 0.3) is 0 Å². The molecule has 2 aromatic rings. The topological polar surface area (TPSA) is 75.4 Å². The van der Waals surface area contributed by atoms with Crippen LogP contribution in [0.4, 0.5) is 14.5 Å². The fraction of sp³-hybridized carbons (Fsp3) is 0.312. The van der Waals surface area contributed by atoms with E-state index in [1.54, 1.807) is 6.92 Å².